The zero-order valence-electron chi connectivity index (χ0n) is 12.2. The number of benzene rings is 1. The summed E-state index contributed by atoms with van der Waals surface area (Å²) in [5, 5.41) is 2.84. The van der Waals surface area contributed by atoms with Gasteiger partial charge in [-0.25, -0.2) is 0 Å². The molecule has 0 heterocycles. The maximum atomic E-state index is 11.9. The lowest BCUT2D eigenvalue weighted by Gasteiger charge is -2.23. The largest absolute Gasteiger partial charge is 0.459 e. The first kappa shape index (κ1) is 16.3. The topological polar surface area (TPSA) is 81.4 Å². The molecule has 1 unspecified atom stereocenters. The van der Waals surface area contributed by atoms with Crippen LogP contribution in [0.25, 0.3) is 0 Å². The summed E-state index contributed by atoms with van der Waals surface area (Å²) in [6.07, 6.45) is 0. The molecule has 3 N–H and O–H groups in total. The second kappa shape index (κ2) is 7.17. The molecule has 0 amide bonds. The van der Waals surface area contributed by atoms with Crippen LogP contribution in [0.2, 0.25) is 0 Å². The molecule has 1 aromatic carbocycles. The summed E-state index contributed by atoms with van der Waals surface area (Å²) in [7, 11) is 0. The van der Waals surface area contributed by atoms with Gasteiger partial charge in [-0.1, -0.05) is 30.3 Å². The Balaban J connectivity index is 2.53. The Bertz CT molecular complexity index is 452. The molecule has 0 radical (unpaired) electrons. The Morgan fingerprint density at radius 1 is 1.25 bits per heavy atom. The van der Waals surface area contributed by atoms with Crippen molar-refractivity contribution in [1.29, 1.82) is 0 Å². The van der Waals surface area contributed by atoms with Crippen molar-refractivity contribution in [3.05, 3.63) is 35.9 Å². The SMILES string of the molecule is CC(C)(C)OC(=O)C(CN)NCC(=O)c1ccccc1. The Morgan fingerprint density at radius 3 is 2.35 bits per heavy atom. The molecule has 0 spiro atoms. The van der Waals surface area contributed by atoms with E-state index in [0.717, 1.165) is 0 Å². The van der Waals surface area contributed by atoms with E-state index >= 15 is 0 Å². The molecule has 0 aliphatic rings. The third-order valence-corrected chi connectivity index (χ3v) is 2.53. The van der Waals surface area contributed by atoms with Gasteiger partial charge in [0.25, 0.3) is 0 Å². The fraction of sp³-hybridized carbons (Fsp3) is 0.467. The minimum Gasteiger partial charge on any atom is -0.459 e. The molecule has 0 aliphatic carbocycles. The van der Waals surface area contributed by atoms with E-state index in [4.69, 9.17) is 10.5 Å². The predicted molar refractivity (Wildman–Crippen MR) is 77.5 cm³/mol. The molecule has 1 atom stereocenters. The van der Waals surface area contributed by atoms with E-state index in [1.807, 2.05) is 6.07 Å². The second-order valence-corrected chi connectivity index (χ2v) is 5.49. The van der Waals surface area contributed by atoms with Gasteiger partial charge in [-0.05, 0) is 20.8 Å². The van der Waals surface area contributed by atoms with Crippen LogP contribution < -0.4 is 11.1 Å². The van der Waals surface area contributed by atoms with Crippen LogP contribution >= 0.6 is 0 Å². The number of ether oxygens (including phenoxy) is 1. The number of esters is 1. The molecule has 0 saturated carbocycles. The number of carbonyl (C=O) groups excluding carboxylic acids is 2. The van der Waals surface area contributed by atoms with Crippen LogP contribution in [0.15, 0.2) is 30.3 Å². The summed E-state index contributed by atoms with van der Waals surface area (Å²) in [4.78, 5) is 23.8. The Labute approximate surface area is 119 Å². The van der Waals surface area contributed by atoms with E-state index in [9.17, 15) is 9.59 Å². The normalized spacial score (nSPS) is 12.8. The van der Waals surface area contributed by atoms with E-state index in [2.05, 4.69) is 5.32 Å². The highest BCUT2D eigenvalue weighted by atomic mass is 16.6. The number of nitrogens with two attached hydrogens (primary N) is 1. The molecule has 0 aromatic heterocycles. The minimum absolute atomic E-state index is 0.0467. The highest BCUT2D eigenvalue weighted by molar-refractivity contribution is 5.97. The zero-order valence-corrected chi connectivity index (χ0v) is 12.2. The smallest absolute Gasteiger partial charge is 0.324 e. The molecule has 110 valence electrons. The van der Waals surface area contributed by atoms with E-state index < -0.39 is 17.6 Å². The minimum atomic E-state index is -0.679. The maximum Gasteiger partial charge on any atom is 0.324 e. The van der Waals surface area contributed by atoms with E-state index in [0.29, 0.717) is 5.56 Å². The summed E-state index contributed by atoms with van der Waals surface area (Å²) >= 11 is 0. The van der Waals surface area contributed by atoms with Gasteiger partial charge in [0.1, 0.15) is 11.6 Å². The predicted octanol–water partition coefficient (Wildman–Crippen LogP) is 1.13. The van der Waals surface area contributed by atoms with Gasteiger partial charge < -0.3 is 10.5 Å². The molecule has 0 aliphatic heterocycles. The highest BCUT2D eigenvalue weighted by Crippen LogP contribution is 2.08. The van der Waals surface area contributed by atoms with Crippen LogP contribution in [0.1, 0.15) is 31.1 Å². The molecule has 1 rings (SSSR count). The summed E-state index contributed by atoms with van der Waals surface area (Å²) in [6, 6.07) is 8.21. The van der Waals surface area contributed by atoms with Crippen molar-refractivity contribution in [2.24, 2.45) is 5.73 Å². The van der Waals surface area contributed by atoms with Gasteiger partial charge in [0.2, 0.25) is 0 Å². The number of Topliss-reactive ketones (excluding diaryl/α,β-unsaturated/α-hetero) is 1. The first-order valence-electron chi connectivity index (χ1n) is 6.58. The summed E-state index contributed by atoms with van der Waals surface area (Å²) < 4.78 is 5.24. The highest BCUT2D eigenvalue weighted by Gasteiger charge is 2.24. The van der Waals surface area contributed by atoms with Crippen molar-refractivity contribution in [2.75, 3.05) is 13.1 Å². The van der Waals surface area contributed by atoms with Crippen LogP contribution in [0, 0.1) is 0 Å². The van der Waals surface area contributed by atoms with Gasteiger partial charge in [-0.2, -0.15) is 0 Å². The van der Waals surface area contributed by atoms with Gasteiger partial charge in [0.15, 0.2) is 5.78 Å². The number of nitrogens with one attached hydrogen (secondary N) is 1. The Morgan fingerprint density at radius 2 is 1.85 bits per heavy atom. The molecule has 0 saturated heterocycles. The van der Waals surface area contributed by atoms with Gasteiger partial charge in [0.05, 0.1) is 6.54 Å². The number of rotatable bonds is 6. The van der Waals surface area contributed by atoms with Crippen molar-refractivity contribution < 1.29 is 14.3 Å². The fourth-order valence-electron chi connectivity index (χ4n) is 1.58. The molecule has 5 nitrogen and oxygen atoms in total. The average Bonchev–Trinajstić information content (AvgIpc) is 2.38. The number of hydrogen-bond acceptors (Lipinski definition) is 5. The van der Waals surface area contributed by atoms with E-state index in [1.165, 1.54) is 0 Å². The summed E-state index contributed by atoms with van der Waals surface area (Å²) in [5.41, 5.74) is 5.57. The lowest BCUT2D eigenvalue weighted by molar-refractivity contribution is -0.157. The van der Waals surface area contributed by atoms with Crippen LogP contribution in [-0.2, 0) is 9.53 Å². The standard InChI is InChI=1S/C15H22N2O3/c1-15(2,3)20-14(19)12(9-16)17-10-13(18)11-7-5-4-6-8-11/h4-8,12,17H,9-10,16H2,1-3H3. The van der Waals surface area contributed by atoms with Crippen LogP contribution in [0.3, 0.4) is 0 Å². The molecular weight excluding hydrogens is 256 g/mol. The second-order valence-electron chi connectivity index (χ2n) is 5.49. The van der Waals surface area contributed by atoms with Crippen molar-refractivity contribution in [1.82, 2.24) is 5.32 Å². The van der Waals surface area contributed by atoms with Gasteiger partial charge in [0, 0.05) is 12.1 Å². The van der Waals surface area contributed by atoms with E-state index in [-0.39, 0.29) is 18.9 Å². The van der Waals surface area contributed by atoms with Crippen molar-refractivity contribution in [3.8, 4) is 0 Å². The van der Waals surface area contributed by atoms with Crippen molar-refractivity contribution in [3.63, 3.8) is 0 Å². The third kappa shape index (κ3) is 5.50. The van der Waals surface area contributed by atoms with Gasteiger partial charge >= 0.3 is 5.97 Å². The Hall–Kier alpha value is -1.72. The lowest BCUT2D eigenvalue weighted by Crippen LogP contribution is -2.47. The molecule has 0 bridgehead atoms. The fourth-order valence-corrected chi connectivity index (χ4v) is 1.58. The molecule has 1 aromatic rings. The monoisotopic (exact) mass is 278 g/mol. The lowest BCUT2D eigenvalue weighted by atomic mass is 10.1. The number of ketones is 1. The number of hydrogen-bond donors (Lipinski definition) is 2. The quantitative estimate of drug-likeness (QED) is 0.602. The third-order valence-electron chi connectivity index (χ3n) is 2.53. The maximum absolute atomic E-state index is 11.9. The zero-order chi connectivity index (χ0) is 15.2. The van der Waals surface area contributed by atoms with Crippen molar-refractivity contribution >= 4 is 11.8 Å². The van der Waals surface area contributed by atoms with Gasteiger partial charge in [-0.3, -0.25) is 14.9 Å². The first-order valence-corrected chi connectivity index (χ1v) is 6.58. The molecule has 20 heavy (non-hydrogen) atoms. The van der Waals surface area contributed by atoms with Crippen molar-refractivity contribution in [2.45, 2.75) is 32.4 Å². The van der Waals surface area contributed by atoms with Crippen LogP contribution in [0.5, 0.6) is 0 Å². The number of carbonyl (C=O) groups is 2. The van der Waals surface area contributed by atoms with E-state index in [1.54, 1.807) is 45.0 Å². The summed E-state index contributed by atoms with van der Waals surface area (Å²) in [6.45, 7) is 5.48. The molecule has 0 fully saturated rings. The van der Waals surface area contributed by atoms with Gasteiger partial charge in [-0.15, -0.1) is 0 Å². The van der Waals surface area contributed by atoms with Crippen LogP contribution in [0.4, 0.5) is 0 Å². The average molecular weight is 278 g/mol. The molecule has 5 heteroatoms. The first-order chi connectivity index (χ1) is 9.33. The van der Waals surface area contributed by atoms with Crippen LogP contribution in [-0.4, -0.2) is 36.5 Å². The summed E-state index contributed by atoms with van der Waals surface area (Å²) in [5.74, 6) is -0.534. The Kier molecular flexibility index (Phi) is 5.85. The molecular formula is C15H22N2O3.